The van der Waals surface area contributed by atoms with E-state index in [1.54, 1.807) is 24.4 Å². The molecule has 0 fully saturated rings. The van der Waals surface area contributed by atoms with Crippen LogP contribution in [0.15, 0.2) is 47.0 Å². The number of halogens is 2. The van der Waals surface area contributed by atoms with Gasteiger partial charge in [-0.25, -0.2) is 0 Å². The van der Waals surface area contributed by atoms with Crippen LogP contribution in [-0.2, 0) is 0 Å². The van der Waals surface area contributed by atoms with Crippen molar-refractivity contribution >= 4 is 34.2 Å². The number of furan rings is 1. The fourth-order valence-electron chi connectivity index (χ4n) is 1.95. The molecule has 0 aliphatic rings. The maximum absolute atomic E-state index is 6.15. The Balaban J connectivity index is 2.07. The molecule has 0 spiro atoms. The highest BCUT2D eigenvalue weighted by atomic mass is 35.5. The maximum atomic E-state index is 6.15. The van der Waals surface area contributed by atoms with Gasteiger partial charge in [0.2, 0.25) is 0 Å². The van der Waals surface area contributed by atoms with Gasteiger partial charge in [-0.15, -0.1) is 0 Å². The van der Waals surface area contributed by atoms with Crippen molar-refractivity contribution in [2.45, 2.75) is 6.04 Å². The maximum Gasteiger partial charge on any atom is 0.134 e. The Kier molecular flexibility index (Phi) is 3.19. The number of nitrogens with two attached hydrogens (primary N) is 1. The van der Waals surface area contributed by atoms with Gasteiger partial charge in [0.15, 0.2) is 0 Å². The number of fused-ring (bicyclic) bond motifs is 1. The van der Waals surface area contributed by atoms with Gasteiger partial charge in [-0.05, 0) is 36.4 Å². The summed E-state index contributed by atoms with van der Waals surface area (Å²) in [6.45, 7) is 0. The van der Waals surface area contributed by atoms with Gasteiger partial charge in [-0.1, -0.05) is 23.2 Å². The molecule has 2 N–H and O–H groups in total. The number of aromatic nitrogens is 1. The van der Waals surface area contributed by atoms with Crippen LogP contribution in [0.3, 0.4) is 0 Å². The highest BCUT2D eigenvalue weighted by molar-refractivity contribution is 6.31. The largest absolute Gasteiger partial charge is 0.459 e. The molecule has 0 saturated heterocycles. The van der Waals surface area contributed by atoms with E-state index >= 15 is 0 Å². The van der Waals surface area contributed by atoms with E-state index in [1.165, 1.54) is 0 Å². The van der Waals surface area contributed by atoms with Crippen LogP contribution in [0.2, 0.25) is 10.0 Å². The van der Waals surface area contributed by atoms with Gasteiger partial charge in [0.05, 0.1) is 10.7 Å². The Morgan fingerprint density at radius 1 is 1.16 bits per heavy atom. The predicted molar refractivity (Wildman–Crippen MR) is 76.5 cm³/mol. The number of hydrogen-bond acceptors (Lipinski definition) is 3. The third-order valence-electron chi connectivity index (χ3n) is 2.89. The van der Waals surface area contributed by atoms with E-state index < -0.39 is 6.04 Å². The van der Waals surface area contributed by atoms with Gasteiger partial charge in [0.25, 0.3) is 0 Å². The summed E-state index contributed by atoms with van der Waals surface area (Å²) in [5.74, 6) is 0.609. The zero-order chi connectivity index (χ0) is 13.4. The SMILES string of the molecule is NC(c1cc2cc(Cl)ccc2o1)c1ncccc1Cl. The van der Waals surface area contributed by atoms with E-state index in [0.717, 1.165) is 11.0 Å². The molecule has 0 aliphatic carbocycles. The minimum Gasteiger partial charge on any atom is -0.459 e. The summed E-state index contributed by atoms with van der Waals surface area (Å²) in [5, 5.41) is 2.09. The van der Waals surface area contributed by atoms with Crippen LogP contribution in [0.5, 0.6) is 0 Å². The molecule has 3 aromatic rings. The summed E-state index contributed by atoms with van der Waals surface area (Å²) < 4.78 is 5.71. The van der Waals surface area contributed by atoms with Crippen LogP contribution in [0.1, 0.15) is 17.5 Å². The first-order valence-electron chi connectivity index (χ1n) is 5.70. The average molecular weight is 293 g/mol. The van der Waals surface area contributed by atoms with Crippen molar-refractivity contribution in [3.05, 3.63) is 64.1 Å². The Morgan fingerprint density at radius 3 is 2.79 bits per heavy atom. The number of hydrogen-bond donors (Lipinski definition) is 1. The van der Waals surface area contributed by atoms with Crippen molar-refractivity contribution in [3.63, 3.8) is 0 Å². The molecule has 1 unspecified atom stereocenters. The molecule has 1 aromatic carbocycles. The predicted octanol–water partition coefficient (Wildman–Crippen LogP) is 4.18. The molecule has 5 heteroatoms. The molecule has 3 rings (SSSR count). The third-order valence-corrected chi connectivity index (χ3v) is 3.44. The second kappa shape index (κ2) is 4.85. The summed E-state index contributed by atoms with van der Waals surface area (Å²) in [7, 11) is 0. The Morgan fingerprint density at radius 2 is 2.00 bits per heavy atom. The van der Waals surface area contributed by atoms with Crippen molar-refractivity contribution in [3.8, 4) is 0 Å². The van der Waals surface area contributed by atoms with Crippen LogP contribution >= 0.6 is 23.2 Å². The highest BCUT2D eigenvalue weighted by Gasteiger charge is 2.18. The zero-order valence-electron chi connectivity index (χ0n) is 9.81. The molecule has 0 aliphatic heterocycles. The lowest BCUT2D eigenvalue weighted by atomic mass is 10.1. The summed E-state index contributed by atoms with van der Waals surface area (Å²) in [4.78, 5) is 4.20. The Bertz CT molecular complexity index is 739. The fraction of sp³-hybridized carbons (Fsp3) is 0.0714. The second-order valence-corrected chi connectivity index (χ2v) is 5.02. The van der Waals surface area contributed by atoms with E-state index in [2.05, 4.69) is 4.98 Å². The van der Waals surface area contributed by atoms with E-state index in [9.17, 15) is 0 Å². The summed E-state index contributed by atoms with van der Waals surface area (Å²) in [6.07, 6.45) is 1.65. The molecular weight excluding hydrogens is 283 g/mol. The van der Waals surface area contributed by atoms with Crippen LogP contribution in [-0.4, -0.2) is 4.98 Å². The van der Waals surface area contributed by atoms with Gasteiger partial charge < -0.3 is 10.2 Å². The first-order chi connectivity index (χ1) is 9.15. The molecule has 0 amide bonds. The number of nitrogens with zero attached hydrogens (tertiary/aromatic N) is 1. The topological polar surface area (TPSA) is 52.0 Å². The number of benzene rings is 1. The number of rotatable bonds is 2. The van der Waals surface area contributed by atoms with E-state index in [1.807, 2.05) is 18.2 Å². The highest BCUT2D eigenvalue weighted by Crippen LogP contribution is 2.30. The summed E-state index contributed by atoms with van der Waals surface area (Å²) in [6, 6.07) is 10.3. The van der Waals surface area contributed by atoms with Crippen LogP contribution in [0.25, 0.3) is 11.0 Å². The van der Waals surface area contributed by atoms with Crippen molar-refractivity contribution in [1.82, 2.24) is 4.98 Å². The molecule has 0 bridgehead atoms. The third kappa shape index (κ3) is 2.32. The van der Waals surface area contributed by atoms with Crippen molar-refractivity contribution in [2.75, 3.05) is 0 Å². The van der Waals surface area contributed by atoms with Gasteiger partial charge in [0, 0.05) is 16.6 Å². The van der Waals surface area contributed by atoms with Crippen molar-refractivity contribution in [2.24, 2.45) is 5.73 Å². The van der Waals surface area contributed by atoms with E-state index in [0.29, 0.717) is 21.5 Å². The van der Waals surface area contributed by atoms with Gasteiger partial charge >= 0.3 is 0 Å². The first kappa shape index (κ1) is 12.5. The van der Waals surface area contributed by atoms with Gasteiger partial charge in [0.1, 0.15) is 17.4 Å². The van der Waals surface area contributed by atoms with Gasteiger partial charge in [-0.2, -0.15) is 0 Å². The van der Waals surface area contributed by atoms with Crippen molar-refractivity contribution < 1.29 is 4.42 Å². The van der Waals surface area contributed by atoms with Crippen LogP contribution in [0, 0.1) is 0 Å². The second-order valence-electron chi connectivity index (χ2n) is 4.18. The smallest absolute Gasteiger partial charge is 0.134 e. The molecule has 0 radical (unpaired) electrons. The van der Waals surface area contributed by atoms with E-state index in [4.69, 9.17) is 33.4 Å². The van der Waals surface area contributed by atoms with Crippen LogP contribution in [0.4, 0.5) is 0 Å². The van der Waals surface area contributed by atoms with Gasteiger partial charge in [-0.3, -0.25) is 4.98 Å². The zero-order valence-corrected chi connectivity index (χ0v) is 11.3. The summed E-state index contributed by atoms with van der Waals surface area (Å²) >= 11 is 12.0. The lowest BCUT2D eigenvalue weighted by molar-refractivity contribution is 0.521. The fourth-order valence-corrected chi connectivity index (χ4v) is 2.37. The van der Waals surface area contributed by atoms with Crippen molar-refractivity contribution in [1.29, 1.82) is 0 Å². The summed E-state index contributed by atoms with van der Waals surface area (Å²) in [5.41, 5.74) is 7.48. The minimum absolute atomic E-state index is 0.500. The van der Waals surface area contributed by atoms with Crippen LogP contribution < -0.4 is 5.73 Å². The monoisotopic (exact) mass is 292 g/mol. The molecule has 96 valence electrons. The quantitative estimate of drug-likeness (QED) is 0.771. The molecule has 19 heavy (non-hydrogen) atoms. The Hall–Kier alpha value is -1.55. The lowest BCUT2D eigenvalue weighted by Crippen LogP contribution is -2.13. The Labute approximate surface area is 119 Å². The molecule has 3 nitrogen and oxygen atoms in total. The first-order valence-corrected chi connectivity index (χ1v) is 6.46. The minimum atomic E-state index is -0.500. The molecule has 2 aromatic heterocycles. The van der Waals surface area contributed by atoms with E-state index in [-0.39, 0.29) is 0 Å². The normalized spacial score (nSPS) is 12.8. The average Bonchev–Trinajstić information content (AvgIpc) is 2.81. The molecule has 0 saturated carbocycles. The number of pyridine rings is 1. The standard InChI is InChI=1S/C14H10Cl2N2O/c15-9-3-4-11-8(6-9)7-12(19-11)13(17)14-10(16)2-1-5-18-14/h1-7,13H,17H2. The molecular formula is C14H10Cl2N2O. The lowest BCUT2D eigenvalue weighted by Gasteiger charge is -2.09. The molecule has 2 heterocycles. The molecule has 1 atom stereocenters.